The summed E-state index contributed by atoms with van der Waals surface area (Å²) < 4.78 is 6.36. The van der Waals surface area contributed by atoms with Crippen molar-refractivity contribution in [1.82, 2.24) is 0 Å². The molecule has 5 nitrogen and oxygen atoms in total. The molecule has 3 unspecified atom stereocenters. The molecule has 0 radical (unpaired) electrons. The number of rotatable bonds is 6. The van der Waals surface area contributed by atoms with Crippen LogP contribution in [0.15, 0.2) is 0 Å². The first kappa shape index (κ1) is 17.9. The van der Waals surface area contributed by atoms with E-state index in [1.54, 1.807) is 14.0 Å². The molecule has 20 heavy (non-hydrogen) atoms. The van der Waals surface area contributed by atoms with E-state index in [2.05, 4.69) is 4.99 Å². The molecule has 0 saturated heterocycles. The van der Waals surface area contributed by atoms with Crippen LogP contribution in [0.2, 0.25) is 3.93 Å². The molecule has 1 rings (SSSR count). The van der Waals surface area contributed by atoms with Crippen LogP contribution in [0.25, 0.3) is 0 Å². The number of carbonyl (C=O) groups is 1. The monoisotopic (exact) mass is 473 g/mol. The molecular formula is C14H25HgNO4+. The molecule has 0 aromatic heterocycles. The number of ether oxygens (including phenoxy) is 1. The van der Waals surface area contributed by atoms with Gasteiger partial charge in [0.1, 0.15) is 0 Å². The third kappa shape index (κ3) is 3.19. The zero-order valence-electron chi connectivity index (χ0n) is 12.9. The summed E-state index contributed by atoms with van der Waals surface area (Å²) in [5.41, 5.74) is -1.28. The Morgan fingerprint density at radius 2 is 2.05 bits per heavy atom. The maximum atomic E-state index is 11.5. The summed E-state index contributed by atoms with van der Waals surface area (Å²) in [6.45, 7) is 6.22. The van der Waals surface area contributed by atoms with Gasteiger partial charge in [-0.15, -0.1) is 0 Å². The van der Waals surface area contributed by atoms with Crippen LogP contribution in [0.4, 0.5) is 0 Å². The van der Waals surface area contributed by atoms with E-state index < -0.39 is 16.8 Å². The van der Waals surface area contributed by atoms with Crippen molar-refractivity contribution in [3.8, 4) is 0 Å². The average Bonchev–Trinajstić information content (AvgIpc) is 2.63. The van der Waals surface area contributed by atoms with Crippen LogP contribution in [0.1, 0.15) is 33.6 Å². The summed E-state index contributed by atoms with van der Waals surface area (Å²) in [6, 6.07) is 0. The zero-order valence-corrected chi connectivity index (χ0v) is 18.4. The van der Waals surface area contributed by atoms with Gasteiger partial charge in [-0.2, -0.15) is 0 Å². The van der Waals surface area contributed by atoms with Gasteiger partial charge in [0.25, 0.3) is 0 Å². The van der Waals surface area contributed by atoms with E-state index in [1.807, 2.05) is 13.8 Å². The van der Waals surface area contributed by atoms with Crippen LogP contribution in [0.5, 0.6) is 0 Å². The topological polar surface area (TPSA) is 80.7 Å². The van der Waals surface area contributed by atoms with Crippen LogP contribution < -0.4 is 4.99 Å². The van der Waals surface area contributed by atoms with Gasteiger partial charge in [-0.05, 0) is 0 Å². The van der Waals surface area contributed by atoms with Gasteiger partial charge in [0, 0.05) is 0 Å². The van der Waals surface area contributed by atoms with E-state index >= 15 is 0 Å². The second-order valence-electron chi connectivity index (χ2n) is 6.36. The van der Waals surface area contributed by atoms with Crippen molar-refractivity contribution in [2.75, 3.05) is 13.7 Å². The number of aliphatic carboxylic acids is 1. The van der Waals surface area contributed by atoms with Crippen LogP contribution in [-0.4, -0.2) is 41.8 Å². The predicted molar refractivity (Wildman–Crippen MR) is 71.3 cm³/mol. The first-order valence-electron chi connectivity index (χ1n) is 7.05. The normalized spacial score (nSPS) is 31.3. The van der Waals surface area contributed by atoms with Gasteiger partial charge in [-0.25, -0.2) is 0 Å². The van der Waals surface area contributed by atoms with Gasteiger partial charge in [0.05, 0.1) is 0 Å². The number of hydrogen-bond acceptors (Lipinski definition) is 2. The molecule has 3 atom stereocenters. The fourth-order valence-corrected chi connectivity index (χ4v) is 4.72. The number of aliphatic hydroxyl groups excluding tert-OH is 1. The van der Waals surface area contributed by atoms with E-state index in [1.165, 1.54) is 0 Å². The molecule has 0 spiro atoms. The number of carboxylic acid groups (broad SMARTS) is 1. The molecule has 0 aliphatic heterocycles. The average molecular weight is 472 g/mol. The Hall–Kier alpha value is -0.165. The summed E-state index contributed by atoms with van der Waals surface area (Å²) >= 11 is 0.659. The number of carboxylic acids is 1. The summed E-state index contributed by atoms with van der Waals surface area (Å²) in [4.78, 5) is 14.6. The van der Waals surface area contributed by atoms with E-state index in [0.717, 1.165) is 3.93 Å². The molecule has 0 heterocycles. The third-order valence-corrected chi connectivity index (χ3v) is 7.70. The van der Waals surface area contributed by atoms with Crippen molar-refractivity contribution in [3.63, 3.8) is 0 Å². The predicted octanol–water partition coefficient (Wildman–Crippen LogP) is 0.531. The summed E-state index contributed by atoms with van der Waals surface area (Å²) in [6.07, 6.45) is 1.41. The van der Waals surface area contributed by atoms with Gasteiger partial charge in [0.2, 0.25) is 0 Å². The molecule has 1 aliphatic rings. The maximum absolute atomic E-state index is 11.5. The molecule has 0 amide bonds. The third-order valence-electron chi connectivity index (χ3n) is 5.19. The van der Waals surface area contributed by atoms with Crippen molar-refractivity contribution in [2.24, 2.45) is 16.7 Å². The molecule has 1 aliphatic carbocycles. The Morgan fingerprint density at radius 1 is 1.45 bits per heavy atom. The molecular weight excluding hydrogens is 447 g/mol. The van der Waals surface area contributed by atoms with Gasteiger partial charge in [-0.3, -0.25) is 0 Å². The Bertz CT molecular complexity index is 393. The fourth-order valence-electron chi connectivity index (χ4n) is 3.01. The fraction of sp³-hybridized carbons (Fsp3) is 0.857. The molecule has 6 heteroatoms. The molecule has 1 saturated carbocycles. The quantitative estimate of drug-likeness (QED) is 0.300. The van der Waals surface area contributed by atoms with Crippen molar-refractivity contribution >= 4 is 11.9 Å². The molecule has 0 aromatic rings. The van der Waals surface area contributed by atoms with Crippen LogP contribution in [0.3, 0.4) is 0 Å². The molecule has 0 bridgehead atoms. The van der Waals surface area contributed by atoms with Crippen molar-refractivity contribution in [1.29, 1.82) is 0 Å². The molecule has 111 valence electrons. The minimum absolute atomic E-state index is 0.135. The van der Waals surface area contributed by atoms with Crippen molar-refractivity contribution < 1.29 is 50.9 Å². The molecule has 0 aromatic carbocycles. The van der Waals surface area contributed by atoms with Gasteiger partial charge >= 0.3 is 137 Å². The first-order chi connectivity index (χ1) is 9.20. The Morgan fingerprint density at radius 3 is 2.45 bits per heavy atom. The number of hydrogen-bond donors (Lipinski definition) is 3. The van der Waals surface area contributed by atoms with Crippen molar-refractivity contribution in [3.05, 3.63) is 0 Å². The Balaban J connectivity index is 2.88. The SMILES string of the molecule is COC([CH2][Hg])C[NH+]=C(O)C1CCC(C)(C(=O)O)C1(C)C. The Kier molecular flexibility index (Phi) is 6.02. The standard InChI is InChI=1S/C14H24NO4.Hg/c1-9(19-5)8-15-11(16)10-6-7-14(4,12(17)18)13(10,2)3;/h9-10H,1,6-8H2,2-5H3,(H,15,16)(H,17,18);/p+1. The molecule has 1 fully saturated rings. The summed E-state index contributed by atoms with van der Waals surface area (Å²) in [5, 5.41) is 19.8. The first-order valence-corrected chi connectivity index (χ1v) is 10.9. The van der Waals surface area contributed by atoms with Crippen molar-refractivity contribution in [2.45, 2.75) is 43.6 Å². The van der Waals surface area contributed by atoms with E-state index in [-0.39, 0.29) is 17.9 Å². The summed E-state index contributed by atoms with van der Waals surface area (Å²) in [5.74, 6) is -0.710. The van der Waals surface area contributed by atoms with Crippen LogP contribution in [-0.2, 0) is 35.7 Å². The second-order valence-corrected chi connectivity index (χ2v) is 8.61. The van der Waals surface area contributed by atoms with Crippen LogP contribution >= 0.6 is 0 Å². The molecule has 3 N–H and O–H groups in total. The van der Waals surface area contributed by atoms with E-state index in [4.69, 9.17) is 4.74 Å². The van der Waals surface area contributed by atoms with E-state index in [0.29, 0.717) is 45.5 Å². The van der Waals surface area contributed by atoms with Gasteiger partial charge in [-0.1, -0.05) is 0 Å². The number of methoxy groups -OCH3 is 1. The van der Waals surface area contributed by atoms with Gasteiger partial charge < -0.3 is 0 Å². The second kappa shape index (κ2) is 6.73. The Labute approximate surface area is 136 Å². The number of aliphatic hydroxyl groups is 1. The summed E-state index contributed by atoms with van der Waals surface area (Å²) in [7, 11) is 1.68. The zero-order chi connectivity index (χ0) is 15.6. The van der Waals surface area contributed by atoms with Gasteiger partial charge in [0.15, 0.2) is 0 Å². The minimum atomic E-state index is -0.797. The van der Waals surface area contributed by atoms with E-state index in [9.17, 15) is 15.0 Å². The van der Waals surface area contributed by atoms with Crippen LogP contribution in [0, 0.1) is 16.7 Å². The number of nitrogens with one attached hydrogen (secondary N) is 1.